The molecule has 1 saturated carbocycles. The standard InChI is InChI=1S/C29H31NO2/c1-21-17-25(12-11-22-7-3-2-4-8-22)28-19-30(18-27(21)28)26-15-13-24(14-16-26)29(31)32-20-23-9-5-6-10-23/h2-9,11-16,21,25,27-28H,10,17-20H2,1H3/b12-11+. The Hall–Kier alpha value is -3.07. The van der Waals surface area contributed by atoms with E-state index in [0.717, 1.165) is 36.9 Å². The van der Waals surface area contributed by atoms with Crippen LogP contribution in [0.3, 0.4) is 0 Å². The second kappa shape index (κ2) is 9.20. The van der Waals surface area contributed by atoms with Gasteiger partial charge in [-0.3, -0.25) is 0 Å². The number of benzene rings is 2. The Bertz CT molecular complexity index is 1030. The zero-order chi connectivity index (χ0) is 21.9. The lowest BCUT2D eigenvalue weighted by Gasteiger charge is -2.22. The van der Waals surface area contributed by atoms with E-state index in [0.29, 0.717) is 24.0 Å². The molecule has 0 aromatic heterocycles. The maximum atomic E-state index is 12.4. The molecule has 1 heterocycles. The highest BCUT2D eigenvalue weighted by Gasteiger charge is 2.45. The molecule has 32 heavy (non-hydrogen) atoms. The molecule has 3 nitrogen and oxygen atoms in total. The molecule has 0 amide bonds. The van der Waals surface area contributed by atoms with Gasteiger partial charge in [-0.2, -0.15) is 0 Å². The molecular formula is C29H31NO2. The van der Waals surface area contributed by atoms with Crippen molar-refractivity contribution in [2.24, 2.45) is 23.7 Å². The lowest BCUT2D eigenvalue weighted by Crippen LogP contribution is -2.23. The molecule has 0 spiro atoms. The highest BCUT2D eigenvalue weighted by atomic mass is 16.5. The molecule has 3 heteroatoms. The second-order valence-corrected chi connectivity index (χ2v) is 9.46. The fourth-order valence-corrected chi connectivity index (χ4v) is 5.57. The van der Waals surface area contributed by atoms with E-state index in [1.54, 1.807) is 0 Å². The van der Waals surface area contributed by atoms with Crippen LogP contribution in [0.5, 0.6) is 0 Å². The third kappa shape index (κ3) is 4.43. The fourth-order valence-electron chi connectivity index (χ4n) is 5.57. The number of hydrogen-bond acceptors (Lipinski definition) is 3. The Morgan fingerprint density at radius 3 is 2.59 bits per heavy atom. The third-order valence-electron chi connectivity index (χ3n) is 7.38. The second-order valence-electron chi connectivity index (χ2n) is 9.46. The number of carbonyl (C=O) groups is 1. The van der Waals surface area contributed by atoms with Crippen LogP contribution >= 0.6 is 0 Å². The average Bonchev–Trinajstić information content (AvgIpc) is 3.56. The Morgan fingerprint density at radius 2 is 1.84 bits per heavy atom. The van der Waals surface area contributed by atoms with Crippen LogP contribution in [0.25, 0.3) is 6.08 Å². The molecule has 4 atom stereocenters. The van der Waals surface area contributed by atoms with Gasteiger partial charge in [0, 0.05) is 18.8 Å². The number of hydrogen-bond donors (Lipinski definition) is 0. The number of esters is 1. The van der Waals surface area contributed by atoms with E-state index < -0.39 is 0 Å². The van der Waals surface area contributed by atoms with Crippen LogP contribution in [0, 0.1) is 23.7 Å². The smallest absolute Gasteiger partial charge is 0.338 e. The minimum atomic E-state index is -0.248. The van der Waals surface area contributed by atoms with Gasteiger partial charge in [0.1, 0.15) is 6.61 Å². The van der Waals surface area contributed by atoms with Gasteiger partial charge >= 0.3 is 5.97 Å². The molecule has 2 fully saturated rings. The molecule has 2 aromatic rings. The van der Waals surface area contributed by atoms with Crippen LogP contribution in [-0.4, -0.2) is 25.7 Å². The van der Waals surface area contributed by atoms with E-state index in [-0.39, 0.29) is 5.97 Å². The summed E-state index contributed by atoms with van der Waals surface area (Å²) in [4.78, 5) is 14.9. The van der Waals surface area contributed by atoms with Crippen molar-refractivity contribution in [2.75, 3.05) is 24.6 Å². The maximum absolute atomic E-state index is 12.4. The third-order valence-corrected chi connectivity index (χ3v) is 7.38. The Labute approximate surface area is 191 Å². The highest BCUT2D eigenvalue weighted by molar-refractivity contribution is 5.90. The minimum absolute atomic E-state index is 0.248. The lowest BCUT2D eigenvalue weighted by molar-refractivity contribution is 0.0539. The summed E-state index contributed by atoms with van der Waals surface area (Å²) in [5, 5.41) is 0. The van der Waals surface area contributed by atoms with Crippen LogP contribution in [0.1, 0.15) is 35.7 Å². The molecule has 2 aliphatic carbocycles. The van der Waals surface area contributed by atoms with Gasteiger partial charge in [-0.05, 0) is 71.9 Å². The summed E-state index contributed by atoms with van der Waals surface area (Å²) in [7, 11) is 0. The monoisotopic (exact) mass is 425 g/mol. The fraction of sp³-hybridized carbons (Fsp3) is 0.345. The molecule has 2 aromatic carbocycles. The van der Waals surface area contributed by atoms with Crippen LogP contribution in [0.15, 0.2) is 84.5 Å². The number of rotatable bonds is 6. The minimum Gasteiger partial charge on any atom is -0.458 e. The molecule has 164 valence electrons. The summed E-state index contributed by atoms with van der Waals surface area (Å²) in [5.74, 6) is 2.56. The Balaban J connectivity index is 1.21. The predicted molar refractivity (Wildman–Crippen MR) is 131 cm³/mol. The van der Waals surface area contributed by atoms with Crippen LogP contribution in [-0.2, 0) is 4.74 Å². The first kappa shape index (κ1) is 20.8. The van der Waals surface area contributed by atoms with Gasteiger partial charge in [0.05, 0.1) is 5.56 Å². The first-order valence-corrected chi connectivity index (χ1v) is 11.8. The Morgan fingerprint density at radius 1 is 1.06 bits per heavy atom. The zero-order valence-corrected chi connectivity index (χ0v) is 18.7. The van der Waals surface area contributed by atoms with Gasteiger partial charge in [0.25, 0.3) is 0 Å². The van der Waals surface area contributed by atoms with E-state index in [1.807, 2.05) is 24.3 Å². The van der Waals surface area contributed by atoms with E-state index >= 15 is 0 Å². The molecule has 5 rings (SSSR count). The van der Waals surface area contributed by atoms with Crippen LogP contribution in [0.2, 0.25) is 0 Å². The summed E-state index contributed by atoms with van der Waals surface area (Å²) >= 11 is 0. The number of nitrogens with zero attached hydrogens (tertiary/aromatic N) is 1. The normalized spacial score (nSPS) is 26.5. The number of fused-ring (bicyclic) bond motifs is 1. The van der Waals surface area contributed by atoms with Gasteiger partial charge < -0.3 is 9.64 Å². The molecule has 0 N–H and O–H groups in total. The summed E-state index contributed by atoms with van der Waals surface area (Å²) in [6, 6.07) is 18.6. The number of allylic oxidation sites excluding steroid dienone is 4. The van der Waals surface area contributed by atoms with Gasteiger partial charge in [-0.15, -0.1) is 0 Å². The van der Waals surface area contributed by atoms with Crippen molar-refractivity contribution in [3.05, 3.63) is 95.6 Å². The zero-order valence-electron chi connectivity index (χ0n) is 18.7. The first-order chi connectivity index (χ1) is 15.7. The highest BCUT2D eigenvalue weighted by Crippen LogP contribution is 2.47. The molecule has 1 saturated heterocycles. The van der Waals surface area contributed by atoms with Crippen molar-refractivity contribution < 1.29 is 9.53 Å². The van der Waals surface area contributed by atoms with E-state index in [9.17, 15) is 4.79 Å². The van der Waals surface area contributed by atoms with Crippen LogP contribution < -0.4 is 4.90 Å². The van der Waals surface area contributed by atoms with Crippen molar-refractivity contribution in [2.45, 2.75) is 19.8 Å². The topological polar surface area (TPSA) is 29.5 Å². The van der Waals surface area contributed by atoms with Gasteiger partial charge in [-0.25, -0.2) is 4.79 Å². The predicted octanol–water partition coefficient (Wildman–Crippen LogP) is 6.15. The van der Waals surface area contributed by atoms with Crippen molar-refractivity contribution >= 4 is 17.7 Å². The van der Waals surface area contributed by atoms with Crippen molar-refractivity contribution in [3.8, 4) is 0 Å². The van der Waals surface area contributed by atoms with Crippen molar-refractivity contribution in [1.82, 2.24) is 0 Å². The molecule has 0 bridgehead atoms. The van der Waals surface area contributed by atoms with E-state index in [2.05, 4.69) is 72.5 Å². The Kier molecular flexibility index (Phi) is 5.98. The summed E-state index contributed by atoms with van der Waals surface area (Å²) in [6.45, 7) is 4.97. The van der Waals surface area contributed by atoms with Gasteiger partial charge in [-0.1, -0.05) is 67.6 Å². The average molecular weight is 426 g/mol. The molecule has 1 aliphatic heterocycles. The molecular weight excluding hydrogens is 394 g/mol. The van der Waals surface area contributed by atoms with Crippen molar-refractivity contribution in [1.29, 1.82) is 0 Å². The van der Waals surface area contributed by atoms with Crippen LogP contribution in [0.4, 0.5) is 5.69 Å². The molecule has 4 unspecified atom stereocenters. The van der Waals surface area contributed by atoms with Crippen molar-refractivity contribution in [3.63, 3.8) is 0 Å². The number of carbonyl (C=O) groups excluding carboxylic acids is 1. The quantitative estimate of drug-likeness (QED) is 0.520. The maximum Gasteiger partial charge on any atom is 0.338 e. The SMILES string of the molecule is CC1CC(/C=C/c2ccccc2)C2CN(c3ccc(C(=O)OCC4=CC=CC4)cc3)CC12. The number of anilines is 1. The summed E-state index contributed by atoms with van der Waals surface area (Å²) in [5.41, 5.74) is 4.25. The van der Waals surface area contributed by atoms with E-state index in [1.165, 1.54) is 17.7 Å². The largest absolute Gasteiger partial charge is 0.458 e. The van der Waals surface area contributed by atoms with E-state index in [4.69, 9.17) is 4.74 Å². The summed E-state index contributed by atoms with van der Waals surface area (Å²) < 4.78 is 5.46. The number of ether oxygens (including phenoxy) is 1. The lowest BCUT2D eigenvalue weighted by atomic mass is 9.90. The molecule has 0 radical (unpaired) electrons. The summed E-state index contributed by atoms with van der Waals surface area (Å²) in [6.07, 6.45) is 13.0. The van der Waals surface area contributed by atoms with Gasteiger partial charge in [0.2, 0.25) is 0 Å². The molecule has 3 aliphatic rings. The van der Waals surface area contributed by atoms with Gasteiger partial charge in [0.15, 0.2) is 0 Å². The first-order valence-electron chi connectivity index (χ1n) is 11.8.